The zero-order valence-electron chi connectivity index (χ0n) is 8.12. The minimum absolute atomic E-state index is 0.0187. The molecule has 0 radical (unpaired) electrons. The van der Waals surface area contributed by atoms with Crippen molar-refractivity contribution in [3.63, 3.8) is 0 Å². The van der Waals surface area contributed by atoms with Gasteiger partial charge < -0.3 is 0 Å². The molecule has 0 spiro atoms. The van der Waals surface area contributed by atoms with Crippen LogP contribution < -0.4 is 0 Å². The number of rotatable bonds is 2. The summed E-state index contributed by atoms with van der Waals surface area (Å²) in [6, 6.07) is 1.03. The number of hydrogen-bond donors (Lipinski definition) is 0. The average Bonchev–Trinajstić information content (AvgIpc) is 2.65. The summed E-state index contributed by atoms with van der Waals surface area (Å²) in [6.07, 6.45) is 2.10. The molecular weight excluding hydrogens is 257 g/mol. The lowest BCUT2D eigenvalue weighted by molar-refractivity contribution is 0.108. The molecular formula is C10H4ClF3N2O. The second-order valence-electron chi connectivity index (χ2n) is 3.17. The first-order chi connectivity index (χ1) is 7.99. The Morgan fingerprint density at radius 3 is 2.29 bits per heavy atom. The number of aromatic nitrogens is 2. The molecule has 0 bridgehead atoms. The van der Waals surface area contributed by atoms with E-state index >= 15 is 0 Å². The quantitative estimate of drug-likeness (QED) is 0.778. The van der Waals surface area contributed by atoms with Crippen LogP contribution in [-0.2, 0) is 0 Å². The van der Waals surface area contributed by atoms with Crippen LogP contribution in [0.5, 0.6) is 0 Å². The van der Waals surface area contributed by atoms with Gasteiger partial charge in [0.2, 0.25) is 0 Å². The minimum atomic E-state index is -1.13. The van der Waals surface area contributed by atoms with Gasteiger partial charge in [-0.2, -0.15) is 5.10 Å². The van der Waals surface area contributed by atoms with Crippen molar-refractivity contribution < 1.29 is 18.0 Å². The summed E-state index contributed by atoms with van der Waals surface area (Å²) in [5.74, 6) is -3.29. The van der Waals surface area contributed by atoms with Crippen molar-refractivity contribution in [2.24, 2.45) is 0 Å². The van der Waals surface area contributed by atoms with E-state index in [9.17, 15) is 18.0 Å². The minimum Gasteiger partial charge on any atom is -0.275 e. The number of halogens is 4. The molecule has 0 fully saturated rings. The van der Waals surface area contributed by atoms with E-state index in [1.807, 2.05) is 0 Å². The second-order valence-corrected chi connectivity index (χ2v) is 3.51. The Hall–Kier alpha value is -1.82. The van der Waals surface area contributed by atoms with E-state index in [2.05, 4.69) is 5.10 Å². The molecule has 7 heteroatoms. The number of carbonyl (C=O) groups excluding carboxylic acids is 1. The van der Waals surface area contributed by atoms with Crippen LogP contribution >= 0.6 is 11.6 Å². The average molecular weight is 261 g/mol. The highest BCUT2D eigenvalue weighted by Crippen LogP contribution is 2.19. The van der Waals surface area contributed by atoms with Gasteiger partial charge in [0.25, 0.3) is 5.24 Å². The van der Waals surface area contributed by atoms with Crippen LogP contribution in [0, 0.1) is 17.5 Å². The van der Waals surface area contributed by atoms with E-state index < -0.39 is 28.4 Å². The maximum atomic E-state index is 13.3. The first-order valence-electron chi connectivity index (χ1n) is 4.38. The van der Waals surface area contributed by atoms with Gasteiger partial charge in [0.15, 0.2) is 11.6 Å². The van der Waals surface area contributed by atoms with Crippen LogP contribution in [0.2, 0.25) is 0 Å². The molecule has 88 valence electrons. The lowest BCUT2D eigenvalue weighted by atomic mass is 10.3. The van der Waals surface area contributed by atoms with Gasteiger partial charge in [-0.05, 0) is 11.6 Å². The Kier molecular flexibility index (Phi) is 2.89. The summed E-state index contributed by atoms with van der Waals surface area (Å²) in [6.45, 7) is 0. The second kappa shape index (κ2) is 4.21. The molecule has 1 aromatic heterocycles. The van der Waals surface area contributed by atoms with Crippen molar-refractivity contribution in [3.8, 4) is 5.69 Å². The van der Waals surface area contributed by atoms with Crippen LogP contribution in [0.25, 0.3) is 5.69 Å². The Morgan fingerprint density at radius 2 is 1.82 bits per heavy atom. The first kappa shape index (κ1) is 11.7. The topological polar surface area (TPSA) is 34.9 Å². The fraction of sp³-hybridized carbons (Fsp3) is 0. The lowest BCUT2D eigenvalue weighted by Gasteiger charge is -2.04. The first-order valence-corrected chi connectivity index (χ1v) is 4.76. The smallest absolute Gasteiger partial charge is 0.255 e. The maximum absolute atomic E-state index is 13.3. The molecule has 0 aliphatic carbocycles. The van der Waals surface area contributed by atoms with Crippen molar-refractivity contribution in [1.29, 1.82) is 0 Å². The van der Waals surface area contributed by atoms with Gasteiger partial charge in [-0.25, -0.2) is 17.9 Å². The fourth-order valence-electron chi connectivity index (χ4n) is 1.30. The van der Waals surface area contributed by atoms with Gasteiger partial charge in [-0.1, -0.05) is 0 Å². The molecule has 0 unspecified atom stereocenters. The molecule has 0 amide bonds. The molecule has 2 rings (SSSR count). The molecule has 1 aromatic carbocycles. The Labute approximate surface area is 98.4 Å². The predicted octanol–water partition coefficient (Wildman–Crippen LogP) is 2.67. The molecule has 3 nitrogen and oxygen atoms in total. The summed E-state index contributed by atoms with van der Waals surface area (Å²) in [5, 5.41) is 2.76. The summed E-state index contributed by atoms with van der Waals surface area (Å²) >= 11 is 5.17. The SMILES string of the molecule is O=C(Cl)c1cnn(-c2c(F)cc(F)cc2F)c1. The molecule has 17 heavy (non-hydrogen) atoms. The predicted molar refractivity (Wildman–Crippen MR) is 53.6 cm³/mol. The third-order valence-corrected chi connectivity index (χ3v) is 2.24. The normalized spacial score (nSPS) is 10.6. The summed E-state index contributed by atoms with van der Waals surface area (Å²) in [5.41, 5.74) is -0.592. The Morgan fingerprint density at radius 1 is 1.24 bits per heavy atom. The van der Waals surface area contributed by atoms with E-state index in [4.69, 9.17) is 11.6 Å². The highest BCUT2D eigenvalue weighted by atomic mass is 35.5. The third kappa shape index (κ3) is 2.16. The van der Waals surface area contributed by atoms with E-state index in [0.29, 0.717) is 12.1 Å². The molecule has 0 atom stereocenters. The van der Waals surface area contributed by atoms with Crippen molar-refractivity contribution >= 4 is 16.8 Å². The lowest BCUT2D eigenvalue weighted by Crippen LogP contribution is -2.03. The van der Waals surface area contributed by atoms with E-state index in [0.717, 1.165) is 17.1 Å². The molecule has 2 aromatic rings. The number of hydrogen-bond acceptors (Lipinski definition) is 2. The van der Waals surface area contributed by atoms with Gasteiger partial charge >= 0.3 is 0 Å². The monoisotopic (exact) mass is 260 g/mol. The molecule has 0 aliphatic rings. The van der Waals surface area contributed by atoms with Crippen molar-refractivity contribution in [2.75, 3.05) is 0 Å². The molecule has 0 saturated heterocycles. The third-order valence-electron chi connectivity index (χ3n) is 2.02. The fourth-order valence-corrected chi connectivity index (χ4v) is 1.40. The van der Waals surface area contributed by atoms with Crippen LogP contribution in [0.4, 0.5) is 13.2 Å². The Balaban J connectivity index is 2.56. The maximum Gasteiger partial charge on any atom is 0.255 e. The van der Waals surface area contributed by atoms with Crippen molar-refractivity contribution in [2.45, 2.75) is 0 Å². The van der Waals surface area contributed by atoms with Gasteiger partial charge in [-0.15, -0.1) is 0 Å². The van der Waals surface area contributed by atoms with Crippen LogP contribution in [0.15, 0.2) is 24.5 Å². The van der Waals surface area contributed by atoms with E-state index in [1.165, 1.54) is 0 Å². The van der Waals surface area contributed by atoms with Crippen molar-refractivity contribution in [3.05, 3.63) is 47.5 Å². The number of nitrogens with zero attached hydrogens (tertiary/aromatic N) is 2. The summed E-state index contributed by atoms with van der Waals surface area (Å²) in [4.78, 5) is 10.8. The largest absolute Gasteiger partial charge is 0.275 e. The summed E-state index contributed by atoms with van der Waals surface area (Å²) in [7, 11) is 0. The molecule has 0 N–H and O–H groups in total. The zero-order valence-corrected chi connectivity index (χ0v) is 8.88. The zero-order chi connectivity index (χ0) is 12.6. The molecule has 0 aliphatic heterocycles. The Bertz CT molecular complexity index is 574. The van der Waals surface area contributed by atoms with Gasteiger partial charge in [0, 0.05) is 18.3 Å². The number of benzene rings is 1. The highest BCUT2D eigenvalue weighted by Gasteiger charge is 2.15. The highest BCUT2D eigenvalue weighted by molar-refractivity contribution is 6.67. The van der Waals surface area contributed by atoms with Crippen LogP contribution in [-0.4, -0.2) is 15.0 Å². The van der Waals surface area contributed by atoms with Crippen LogP contribution in [0.1, 0.15) is 10.4 Å². The van der Waals surface area contributed by atoms with E-state index in [1.54, 1.807) is 0 Å². The molecule has 0 saturated carbocycles. The van der Waals surface area contributed by atoms with Gasteiger partial charge in [0.1, 0.15) is 11.5 Å². The van der Waals surface area contributed by atoms with Crippen molar-refractivity contribution in [1.82, 2.24) is 9.78 Å². The van der Waals surface area contributed by atoms with Gasteiger partial charge in [-0.3, -0.25) is 4.79 Å². The summed E-state index contributed by atoms with van der Waals surface area (Å²) < 4.78 is 40.1. The van der Waals surface area contributed by atoms with Crippen LogP contribution in [0.3, 0.4) is 0 Å². The molecule has 1 heterocycles. The number of carbonyl (C=O) groups is 1. The van der Waals surface area contributed by atoms with E-state index in [-0.39, 0.29) is 5.56 Å². The standard InChI is InChI=1S/C10H4ClF3N2O/c11-10(17)5-3-15-16(4-5)9-7(13)1-6(12)2-8(9)14/h1-4H. The van der Waals surface area contributed by atoms with Gasteiger partial charge in [0.05, 0.1) is 11.8 Å².